The fourth-order valence-electron chi connectivity index (χ4n) is 2.23. The van der Waals surface area contributed by atoms with E-state index < -0.39 is 23.7 Å². The Morgan fingerprint density at radius 2 is 2.11 bits per heavy atom. The average molecular weight is 286 g/mol. The Kier molecular flexibility index (Phi) is 4.04. The number of carbonyl (C=O) groups excluding carboxylic acids is 1. The number of halogens is 2. The van der Waals surface area contributed by atoms with Gasteiger partial charge in [-0.25, -0.2) is 9.18 Å². The largest absolute Gasteiger partial charge is 0.480 e. The summed E-state index contributed by atoms with van der Waals surface area (Å²) in [5, 5.41) is 9.05. The Labute approximate surface area is 114 Å². The average Bonchev–Trinajstić information content (AvgIpc) is 2.41. The van der Waals surface area contributed by atoms with Crippen molar-refractivity contribution in [3.8, 4) is 0 Å². The first-order chi connectivity index (χ1) is 9.00. The maximum atomic E-state index is 13.3. The van der Waals surface area contributed by atoms with Gasteiger partial charge in [0.1, 0.15) is 11.9 Å². The standard InChI is InChI=1S/C13H13ClFNO3/c14-9-5-4-8(7-10(9)15)12(17)16-6-2-1-3-11(16)13(18)19/h4-5,7,11H,1-3,6H2,(H,18,19). The second kappa shape index (κ2) is 5.57. The number of likely N-dealkylation sites (tertiary alicyclic amines) is 1. The minimum Gasteiger partial charge on any atom is -0.480 e. The molecule has 1 aliphatic rings. The first-order valence-corrected chi connectivity index (χ1v) is 6.37. The molecule has 0 bridgehead atoms. The smallest absolute Gasteiger partial charge is 0.326 e. The molecule has 1 unspecified atom stereocenters. The number of carbonyl (C=O) groups is 2. The summed E-state index contributed by atoms with van der Waals surface area (Å²) in [6.07, 6.45) is 1.96. The number of rotatable bonds is 2. The molecule has 1 heterocycles. The van der Waals surface area contributed by atoms with E-state index in [1.165, 1.54) is 17.0 Å². The molecule has 2 rings (SSSR count). The van der Waals surface area contributed by atoms with Crippen LogP contribution in [0.5, 0.6) is 0 Å². The second-order valence-corrected chi connectivity index (χ2v) is 4.88. The van der Waals surface area contributed by atoms with Gasteiger partial charge in [0.15, 0.2) is 0 Å². The molecule has 0 radical (unpaired) electrons. The highest BCUT2D eigenvalue weighted by Crippen LogP contribution is 2.22. The fourth-order valence-corrected chi connectivity index (χ4v) is 2.34. The Morgan fingerprint density at radius 1 is 1.37 bits per heavy atom. The van der Waals surface area contributed by atoms with E-state index in [-0.39, 0.29) is 10.6 Å². The third kappa shape index (κ3) is 2.87. The van der Waals surface area contributed by atoms with Crippen LogP contribution in [-0.4, -0.2) is 34.5 Å². The Bertz CT molecular complexity index is 521. The summed E-state index contributed by atoms with van der Waals surface area (Å²) in [4.78, 5) is 24.6. The van der Waals surface area contributed by atoms with Gasteiger partial charge in [-0.15, -0.1) is 0 Å². The molecule has 1 aromatic rings. The third-order valence-corrected chi connectivity index (χ3v) is 3.52. The van der Waals surface area contributed by atoms with Gasteiger partial charge in [-0.2, -0.15) is 0 Å². The van der Waals surface area contributed by atoms with Crippen molar-refractivity contribution in [3.05, 3.63) is 34.6 Å². The lowest BCUT2D eigenvalue weighted by Gasteiger charge is -2.33. The van der Waals surface area contributed by atoms with Crippen LogP contribution in [0.25, 0.3) is 0 Å². The second-order valence-electron chi connectivity index (χ2n) is 4.48. The topological polar surface area (TPSA) is 57.6 Å². The van der Waals surface area contributed by atoms with Crippen LogP contribution in [0.3, 0.4) is 0 Å². The van der Waals surface area contributed by atoms with Crippen LogP contribution in [0.2, 0.25) is 5.02 Å². The minimum atomic E-state index is -1.03. The lowest BCUT2D eigenvalue weighted by Crippen LogP contribution is -2.48. The van der Waals surface area contributed by atoms with Gasteiger partial charge in [0.2, 0.25) is 0 Å². The van der Waals surface area contributed by atoms with Gasteiger partial charge in [0.25, 0.3) is 5.91 Å². The highest BCUT2D eigenvalue weighted by Gasteiger charge is 2.32. The van der Waals surface area contributed by atoms with Crippen LogP contribution < -0.4 is 0 Å². The maximum Gasteiger partial charge on any atom is 0.326 e. The van der Waals surface area contributed by atoms with Crippen molar-refractivity contribution in [3.63, 3.8) is 0 Å². The van der Waals surface area contributed by atoms with Crippen molar-refractivity contribution >= 4 is 23.5 Å². The molecule has 19 heavy (non-hydrogen) atoms. The first-order valence-electron chi connectivity index (χ1n) is 5.99. The maximum absolute atomic E-state index is 13.3. The summed E-state index contributed by atoms with van der Waals surface area (Å²) in [6, 6.07) is 2.91. The molecule has 0 aromatic heterocycles. The number of benzene rings is 1. The van der Waals surface area contributed by atoms with Crippen LogP contribution in [0.1, 0.15) is 29.6 Å². The normalized spacial score (nSPS) is 19.3. The molecule has 0 spiro atoms. The number of piperidine rings is 1. The molecule has 0 aliphatic carbocycles. The lowest BCUT2D eigenvalue weighted by molar-refractivity contribution is -0.143. The minimum absolute atomic E-state index is 0.0648. The number of nitrogens with zero attached hydrogens (tertiary/aromatic N) is 1. The first kappa shape index (κ1) is 13.8. The molecule has 1 fully saturated rings. The van der Waals surface area contributed by atoms with E-state index in [0.717, 1.165) is 18.9 Å². The van der Waals surface area contributed by atoms with Gasteiger partial charge in [0, 0.05) is 12.1 Å². The summed E-state index contributed by atoms with van der Waals surface area (Å²) in [6.45, 7) is 0.375. The Morgan fingerprint density at radius 3 is 2.74 bits per heavy atom. The molecule has 1 aliphatic heterocycles. The molecular weight excluding hydrogens is 273 g/mol. The van der Waals surface area contributed by atoms with Crippen LogP contribution in [0.15, 0.2) is 18.2 Å². The summed E-state index contributed by atoms with van der Waals surface area (Å²) in [7, 11) is 0. The van der Waals surface area contributed by atoms with E-state index in [0.29, 0.717) is 13.0 Å². The monoisotopic (exact) mass is 285 g/mol. The quantitative estimate of drug-likeness (QED) is 0.908. The van der Waals surface area contributed by atoms with Crippen LogP contribution in [-0.2, 0) is 4.79 Å². The van der Waals surface area contributed by atoms with E-state index >= 15 is 0 Å². The molecule has 6 heteroatoms. The fraction of sp³-hybridized carbons (Fsp3) is 0.385. The van der Waals surface area contributed by atoms with Crippen molar-refractivity contribution in [1.82, 2.24) is 4.90 Å². The van der Waals surface area contributed by atoms with Gasteiger partial charge >= 0.3 is 5.97 Å². The van der Waals surface area contributed by atoms with E-state index in [2.05, 4.69) is 0 Å². The van der Waals surface area contributed by atoms with Gasteiger partial charge in [-0.1, -0.05) is 11.6 Å². The number of hydrogen-bond donors (Lipinski definition) is 1. The van der Waals surface area contributed by atoms with E-state index in [4.69, 9.17) is 16.7 Å². The van der Waals surface area contributed by atoms with Gasteiger partial charge in [-0.3, -0.25) is 4.79 Å². The van der Waals surface area contributed by atoms with Crippen molar-refractivity contribution in [2.45, 2.75) is 25.3 Å². The van der Waals surface area contributed by atoms with Crippen LogP contribution in [0, 0.1) is 5.82 Å². The van der Waals surface area contributed by atoms with Gasteiger partial charge in [-0.05, 0) is 37.5 Å². The predicted octanol–water partition coefficient (Wildman–Crippen LogP) is 2.56. The molecule has 102 valence electrons. The molecule has 1 aromatic carbocycles. The highest BCUT2D eigenvalue weighted by atomic mass is 35.5. The highest BCUT2D eigenvalue weighted by molar-refractivity contribution is 6.30. The van der Waals surface area contributed by atoms with Crippen LogP contribution >= 0.6 is 11.6 Å². The van der Waals surface area contributed by atoms with Gasteiger partial charge < -0.3 is 10.0 Å². The number of hydrogen-bond acceptors (Lipinski definition) is 2. The zero-order chi connectivity index (χ0) is 14.0. The summed E-state index contributed by atoms with van der Waals surface area (Å²) < 4.78 is 13.3. The molecule has 1 atom stereocenters. The van der Waals surface area contributed by atoms with Crippen LogP contribution in [0.4, 0.5) is 4.39 Å². The molecular formula is C13H13ClFNO3. The van der Waals surface area contributed by atoms with E-state index in [1.807, 2.05) is 0 Å². The van der Waals surface area contributed by atoms with Crippen molar-refractivity contribution in [2.75, 3.05) is 6.54 Å². The summed E-state index contributed by atoms with van der Waals surface area (Å²) >= 11 is 5.56. The molecule has 4 nitrogen and oxygen atoms in total. The number of aliphatic carboxylic acids is 1. The summed E-state index contributed by atoms with van der Waals surface area (Å²) in [5.74, 6) is -2.18. The Balaban J connectivity index is 2.26. The zero-order valence-corrected chi connectivity index (χ0v) is 10.9. The van der Waals surface area contributed by atoms with Crippen molar-refractivity contribution in [1.29, 1.82) is 0 Å². The molecule has 1 N–H and O–H groups in total. The SMILES string of the molecule is O=C(O)C1CCCCN1C(=O)c1ccc(Cl)c(F)c1. The third-order valence-electron chi connectivity index (χ3n) is 3.22. The van der Waals surface area contributed by atoms with E-state index in [1.54, 1.807) is 0 Å². The van der Waals surface area contributed by atoms with E-state index in [9.17, 15) is 14.0 Å². The predicted molar refractivity (Wildman–Crippen MR) is 67.7 cm³/mol. The van der Waals surface area contributed by atoms with Crippen molar-refractivity contribution in [2.24, 2.45) is 0 Å². The number of carboxylic acids is 1. The number of amides is 1. The summed E-state index contributed by atoms with van der Waals surface area (Å²) in [5.41, 5.74) is 0.120. The lowest BCUT2D eigenvalue weighted by atomic mass is 10.0. The van der Waals surface area contributed by atoms with Gasteiger partial charge in [0.05, 0.1) is 5.02 Å². The Hall–Kier alpha value is -1.62. The van der Waals surface area contributed by atoms with Crippen molar-refractivity contribution < 1.29 is 19.1 Å². The molecule has 0 saturated carbocycles. The number of carboxylic acid groups (broad SMARTS) is 1. The molecule has 1 amide bonds. The zero-order valence-electron chi connectivity index (χ0n) is 10.1. The molecule has 1 saturated heterocycles.